The smallest absolute Gasteiger partial charge is 0.0240 e. The lowest BCUT2D eigenvalue weighted by molar-refractivity contribution is 0.992. The molecule has 2 aliphatic rings. The molecule has 0 spiro atoms. The molecule has 0 nitrogen and oxygen atoms in total. The standard InChI is InChI=1S/C17H16/c1-12-14-8-4-3-5-9-15(14)13(2)17-11-7-6-10-16(12)17/h3-11,14H,1-2H3. The van der Waals surface area contributed by atoms with Crippen molar-refractivity contribution in [3.05, 3.63) is 70.7 Å². The summed E-state index contributed by atoms with van der Waals surface area (Å²) >= 11 is 0. The first-order chi connectivity index (χ1) is 8.29. The second kappa shape index (κ2) is 3.89. The van der Waals surface area contributed by atoms with E-state index in [0.29, 0.717) is 5.92 Å². The highest BCUT2D eigenvalue weighted by Crippen LogP contribution is 2.30. The van der Waals surface area contributed by atoms with Crippen LogP contribution in [0.3, 0.4) is 0 Å². The average molecular weight is 220 g/mol. The van der Waals surface area contributed by atoms with E-state index < -0.39 is 0 Å². The Bertz CT molecular complexity index is 666. The Balaban J connectivity index is 2.45. The van der Waals surface area contributed by atoms with Crippen molar-refractivity contribution in [2.24, 2.45) is 5.92 Å². The summed E-state index contributed by atoms with van der Waals surface area (Å²) in [6.07, 6.45) is 10.9. The van der Waals surface area contributed by atoms with Crippen molar-refractivity contribution in [3.8, 4) is 0 Å². The predicted molar refractivity (Wildman–Crippen MR) is 73.7 cm³/mol. The molecular weight excluding hydrogens is 204 g/mol. The van der Waals surface area contributed by atoms with Gasteiger partial charge in [0, 0.05) is 5.92 Å². The van der Waals surface area contributed by atoms with E-state index in [-0.39, 0.29) is 0 Å². The number of hydrogen-bond donors (Lipinski definition) is 0. The molecule has 1 aromatic carbocycles. The lowest BCUT2D eigenvalue weighted by Gasteiger charge is -2.23. The average Bonchev–Trinajstić information content (AvgIpc) is 2.62. The Kier molecular flexibility index (Phi) is 2.36. The number of allylic oxidation sites excluding steroid dienone is 6. The topological polar surface area (TPSA) is 0 Å². The van der Waals surface area contributed by atoms with E-state index in [9.17, 15) is 0 Å². The second-order valence-corrected chi connectivity index (χ2v) is 4.72. The SMILES string of the molecule is CC1=c2ccccc2=C(C)C2C=CC=CC=C12. The van der Waals surface area contributed by atoms with Crippen LogP contribution in [0.5, 0.6) is 0 Å². The molecule has 3 rings (SSSR count). The second-order valence-electron chi connectivity index (χ2n) is 4.72. The maximum atomic E-state index is 2.30. The van der Waals surface area contributed by atoms with Crippen LogP contribution in [0.2, 0.25) is 0 Å². The third-order valence-corrected chi connectivity index (χ3v) is 3.79. The molecule has 2 aliphatic carbocycles. The molecule has 17 heavy (non-hydrogen) atoms. The van der Waals surface area contributed by atoms with Gasteiger partial charge in [-0.15, -0.1) is 0 Å². The fourth-order valence-electron chi connectivity index (χ4n) is 2.82. The summed E-state index contributed by atoms with van der Waals surface area (Å²) in [4.78, 5) is 0. The third-order valence-electron chi connectivity index (χ3n) is 3.79. The van der Waals surface area contributed by atoms with E-state index in [1.807, 2.05) is 0 Å². The van der Waals surface area contributed by atoms with E-state index in [1.165, 1.54) is 27.2 Å². The first-order valence-electron chi connectivity index (χ1n) is 6.11. The van der Waals surface area contributed by atoms with Gasteiger partial charge in [0.1, 0.15) is 0 Å². The molecule has 1 unspecified atom stereocenters. The zero-order chi connectivity index (χ0) is 11.8. The summed E-state index contributed by atoms with van der Waals surface area (Å²) in [6, 6.07) is 8.71. The van der Waals surface area contributed by atoms with Crippen LogP contribution in [0.1, 0.15) is 13.8 Å². The van der Waals surface area contributed by atoms with E-state index in [0.717, 1.165) is 0 Å². The van der Waals surface area contributed by atoms with Gasteiger partial charge in [0.25, 0.3) is 0 Å². The Morgan fingerprint density at radius 1 is 0.882 bits per heavy atom. The van der Waals surface area contributed by atoms with Gasteiger partial charge in [0.15, 0.2) is 0 Å². The molecule has 0 amide bonds. The van der Waals surface area contributed by atoms with Gasteiger partial charge in [-0.2, -0.15) is 0 Å². The molecule has 84 valence electrons. The first kappa shape index (κ1) is 10.3. The van der Waals surface area contributed by atoms with Crippen LogP contribution in [-0.2, 0) is 0 Å². The lowest BCUT2D eigenvalue weighted by atomic mass is 9.81. The van der Waals surface area contributed by atoms with Crippen LogP contribution >= 0.6 is 0 Å². The quantitative estimate of drug-likeness (QED) is 0.630. The molecule has 0 aromatic heterocycles. The van der Waals surface area contributed by atoms with Gasteiger partial charge < -0.3 is 0 Å². The molecule has 0 saturated heterocycles. The highest BCUT2D eigenvalue weighted by molar-refractivity contribution is 5.75. The summed E-state index contributed by atoms with van der Waals surface area (Å²) in [5.41, 5.74) is 4.30. The molecule has 1 atom stereocenters. The Labute approximate surface area is 102 Å². The van der Waals surface area contributed by atoms with Crippen molar-refractivity contribution in [2.75, 3.05) is 0 Å². The van der Waals surface area contributed by atoms with Crippen LogP contribution in [0.4, 0.5) is 0 Å². The lowest BCUT2D eigenvalue weighted by Crippen LogP contribution is -2.34. The van der Waals surface area contributed by atoms with Gasteiger partial charge in [-0.1, -0.05) is 60.2 Å². The maximum Gasteiger partial charge on any atom is 0.0240 e. The van der Waals surface area contributed by atoms with E-state index in [2.05, 4.69) is 68.5 Å². The summed E-state index contributed by atoms with van der Waals surface area (Å²) in [5.74, 6) is 0.444. The number of rotatable bonds is 0. The molecule has 0 heterocycles. The summed E-state index contributed by atoms with van der Waals surface area (Å²) in [7, 11) is 0. The van der Waals surface area contributed by atoms with Crippen molar-refractivity contribution in [2.45, 2.75) is 13.8 Å². The molecule has 0 aliphatic heterocycles. The number of fused-ring (bicyclic) bond motifs is 2. The van der Waals surface area contributed by atoms with Crippen molar-refractivity contribution in [1.29, 1.82) is 0 Å². The van der Waals surface area contributed by atoms with E-state index >= 15 is 0 Å². The molecule has 0 saturated carbocycles. The molecule has 0 heteroatoms. The van der Waals surface area contributed by atoms with Crippen molar-refractivity contribution < 1.29 is 0 Å². The van der Waals surface area contributed by atoms with E-state index in [1.54, 1.807) is 0 Å². The normalized spacial score (nSPS) is 21.8. The molecule has 0 bridgehead atoms. The minimum atomic E-state index is 0.444. The molecule has 0 radical (unpaired) electrons. The first-order valence-corrected chi connectivity index (χ1v) is 6.11. The Morgan fingerprint density at radius 2 is 1.65 bits per heavy atom. The summed E-state index contributed by atoms with van der Waals surface area (Å²) in [6.45, 7) is 4.48. The Hall–Kier alpha value is -1.82. The van der Waals surface area contributed by atoms with Gasteiger partial charge in [-0.05, 0) is 35.4 Å². The number of benzene rings is 1. The van der Waals surface area contributed by atoms with Crippen LogP contribution in [0.25, 0.3) is 11.1 Å². The number of hydrogen-bond acceptors (Lipinski definition) is 0. The third kappa shape index (κ3) is 1.52. The highest BCUT2D eigenvalue weighted by Gasteiger charge is 2.20. The molecule has 0 fully saturated rings. The monoisotopic (exact) mass is 220 g/mol. The van der Waals surface area contributed by atoms with Gasteiger partial charge >= 0.3 is 0 Å². The molecule has 1 aromatic rings. The fourth-order valence-corrected chi connectivity index (χ4v) is 2.82. The summed E-state index contributed by atoms with van der Waals surface area (Å²) < 4.78 is 0. The minimum Gasteiger partial charge on any atom is -0.0729 e. The van der Waals surface area contributed by atoms with Crippen molar-refractivity contribution >= 4 is 11.1 Å². The molecule has 0 N–H and O–H groups in total. The van der Waals surface area contributed by atoms with Gasteiger partial charge in [-0.25, -0.2) is 0 Å². The summed E-state index contributed by atoms with van der Waals surface area (Å²) in [5, 5.41) is 2.79. The fraction of sp³-hybridized carbons (Fsp3) is 0.176. The van der Waals surface area contributed by atoms with Gasteiger partial charge in [0.2, 0.25) is 0 Å². The zero-order valence-electron chi connectivity index (χ0n) is 10.3. The van der Waals surface area contributed by atoms with Crippen molar-refractivity contribution in [3.63, 3.8) is 0 Å². The van der Waals surface area contributed by atoms with Crippen LogP contribution < -0.4 is 10.4 Å². The maximum absolute atomic E-state index is 2.30. The van der Waals surface area contributed by atoms with Crippen LogP contribution in [-0.4, -0.2) is 0 Å². The Morgan fingerprint density at radius 3 is 2.47 bits per heavy atom. The largest absolute Gasteiger partial charge is 0.0729 e. The van der Waals surface area contributed by atoms with Gasteiger partial charge in [0.05, 0.1) is 0 Å². The van der Waals surface area contributed by atoms with Crippen LogP contribution in [0, 0.1) is 5.92 Å². The highest BCUT2D eigenvalue weighted by atomic mass is 14.2. The van der Waals surface area contributed by atoms with Crippen molar-refractivity contribution in [1.82, 2.24) is 0 Å². The van der Waals surface area contributed by atoms with E-state index in [4.69, 9.17) is 0 Å². The van der Waals surface area contributed by atoms with Gasteiger partial charge in [-0.3, -0.25) is 0 Å². The van der Waals surface area contributed by atoms with Crippen LogP contribution in [0.15, 0.2) is 60.2 Å². The minimum absolute atomic E-state index is 0.444. The zero-order valence-corrected chi connectivity index (χ0v) is 10.3. The predicted octanol–water partition coefficient (Wildman–Crippen LogP) is 2.71. The molecular formula is C17H16.